The van der Waals surface area contributed by atoms with Crippen molar-refractivity contribution in [2.45, 2.75) is 24.3 Å². The van der Waals surface area contributed by atoms with Crippen LogP contribution in [0.1, 0.15) is 23.7 Å². The van der Waals surface area contributed by atoms with Crippen molar-refractivity contribution in [3.05, 3.63) is 65.5 Å². The number of aryl methyl sites for hydroxylation is 1. The average Bonchev–Trinajstić information content (AvgIpc) is 3.03. The monoisotopic (exact) mass is 350 g/mol. The van der Waals surface area contributed by atoms with Gasteiger partial charge in [0.15, 0.2) is 0 Å². The number of hydrogen-bond acceptors (Lipinski definition) is 4. The number of ether oxygens (including phenoxy) is 1. The van der Waals surface area contributed by atoms with Gasteiger partial charge in [0, 0.05) is 5.92 Å². The fourth-order valence-corrected chi connectivity index (χ4v) is 3.65. The molecule has 0 unspecified atom stereocenters. The Balaban J connectivity index is 1.57. The maximum Gasteiger partial charge on any atom is 0.296 e. The molecule has 0 N–H and O–H groups in total. The van der Waals surface area contributed by atoms with Gasteiger partial charge in [-0.2, -0.15) is 8.42 Å². The lowest BCUT2D eigenvalue weighted by Gasteiger charge is -2.11. The summed E-state index contributed by atoms with van der Waals surface area (Å²) < 4.78 is 48.2. The van der Waals surface area contributed by atoms with Crippen LogP contribution < -0.4 is 0 Å². The van der Waals surface area contributed by atoms with E-state index >= 15 is 0 Å². The molecule has 0 aromatic heterocycles. The number of halogens is 1. The molecule has 2 aromatic carbocycles. The first kappa shape index (κ1) is 17.1. The Morgan fingerprint density at radius 2 is 1.79 bits per heavy atom. The predicted octanol–water partition coefficient (Wildman–Crippen LogP) is 3.62. The molecular formula is C18H19FO4S. The van der Waals surface area contributed by atoms with Gasteiger partial charge in [0.1, 0.15) is 5.82 Å². The van der Waals surface area contributed by atoms with Gasteiger partial charge in [-0.3, -0.25) is 4.18 Å². The van der Waals surface area contributed by atoms with Crippen molar-refractivity contribution in [3.63, 3.8) is 0 Å². The van der Waals surface area contributed by atoms with Gasteiger partial charge in [0.2, 0.25) is 0 Å². The summed E-state index contributed by atoms with van der Waals surface area (Å²) >= 11 is 0. The fourth-order valence-electron chi connectivity index (χ4n) is 2.68. The van der Waals surface area contributed by atoms with E-state index in [0.29, 0.717) is 13.0 Å². The summed E-state index contributed by atoms with van der Waals surface area (Å²) in [5, 5.41) is 0. The molecule has 0 radical (unpaired) electrons. The molecule has 2 atom stereocenters. The van der Waals surface area contributed by atoms with E-state index in [1.807, 2.05) is 6.92 Å². The maximum atomic E-state index is 13.0. The van der Waals surface area contributed by atoms with E-state index in [4.69, 9.17) is 8.92 Å². The van der Waals surface area contributed by atoms with E-state index in [1.165, 1.54) is 24.3 Å². The Hall–Kier alpha value is -1.76. The third-order valence-corrected chi connectivity index (χ3v) is 5.39. The van der Waals surface area contributed by atoms with E-state index in [1.54, 1.807) is 24.3 Å². The number of rotatable bonds is 5. The predicted molar refractivity (Wildman–Crippen MR) is 87.5 cm³/mol. The lowest BCUT2D eigenvalue weighted by atomic mass is 10.0. The molecule has 24 heavy (non-hydrogen) atoms. The fraction of sp³-hybridized carbons (Fsp3) is 0.333. The summed E-state index contributed by atoms with van der Waals surface area (Å²) in [4.78, 5) is 0.155. The molecule has 0 spiro atoms. The average molecular weight is 350 g/mol. The topological polar surface area (TPSA) is 52.6 Å². The molecule has 1 fully saturated rings. The van der Waals surface area contributed by atoms with Crippen molar-refractivity contribution in [2.24, 2.45) is 5.92 Å². The van der Waals surface area contributed by atoms with Crippen LogP contribution in [0.25, 0.3) is 0 Å². The zero-order chi connectivity index (χ0) is 17.2. The Kier molecular flexibility index (Phi) is 4.99. The van der Waals surface area contributed by atoms with Crippen LogP contribution in [-0.4, -0.2) is 21.6 Å². The summed E-state index contributed by atoms with van der Waals surface area (Å²) in [6, 6.07) is 12.7. The van der Waals surface area contributed by atoms with Gasteiger partial charge in [-0.1, -0.05) is 29.8 Å². The van der Waals surface area contributed by atoms with Gasteiger partial charge in [0.25, 0.3) is 10.1 Å². The van der Waals surface area contributed by atoms with Crippen LogP contribution in [0.3, 0.4) is 0 Å². The van der Waals surface area contributed by atoms with E-state index in [0.717, 1.165) is 11.1 Å². The minimum absolute atomic E-state index is 0.0136. The lowest BCUT2D eigenvalue weighted by Crippen LogP contribution is -2.15. The van der Waals surface area contributed by atoms with Crippen LogP contribution in [0.15, 0.2) is 53.4 Å². The lowest BCUT2D eigenvalue weighted by molar-refractivity contribution is 0.103. The third-order valence-electron chi connectivity index (χ3n) is 4.09. The van der Waals surface area contributed by atoms with Crippen LogP contribution in [0, 0.1) is 18.7 Å². The van der Waals surface area contributed by atoms with Gasteiger partial charge in [-0.25, -0.2) is 4.39 Å². The molecule has 2 aromatic rings. The second-order valence-electron chi connectivity index (χ2n) is 6.03. The van der Waals surface area contributed by atoms with E-state index in [-0.39, 0.29) is 29.3 Å². The molecule has 3 rings (SSSR count). The molecule has 0 aliphatic carbocycles. The zero-order valence-corrected chi connectivity index (χ0v) is 14.1. The molecule has 6 heteroatoms. The molecule has 1 aliphatic rings. The van der Waals surface area contributed by atoms with Gasteiger partial charge < -0.3 is 4.74 Å². The first-order valence-corrected chi connectivity index (χ1v) is 9.18. The molecule has 1 aliphatic heterocycles. The quantitative estimate of drug-likeness (QED) is 0.773. The molecule has 0 saturated carbocycles. The number of hydrogen-bond donors (Lipinski definition) is 0. The standard InChI is InChI=1S/C18H19FO4S/c1-13-2-8-17(9-3-13)24(20,21)23-12-14-10-18(22-11-14)15-4-6-16(19)7-5-15/h2-9,14,18H,10-12H2,1H3/t14-,18+/m1/s1. The first-order chi connectivity index (χ1) is 11.4. The highest BCUT2D eigenvalue weighted by atomic mass is 32.2. The molecule has 128 valence electrons. The Labute approximate surface area is 141 Å². The Morgan fingerprint density at radius 3 is 2.46 bits per heavy atom. The van der Waals surface area contributed by atoms with E-state index < -0.39 is 10.1 Å². The zero-order valence-electron chi connectivity index (χ0n) is 13.3. The SMILES string of the molecule is Cc1ccc(S(=O)(=O)OC[C@H]2CO[C@H](c3ccc(F)cc3)C2)cc1. The molecular weight excluding hydrogens is 331 g/mol. The highest BCUT2D eigenvalue weighted by molar-refractivity contribution is 7.86. The van der Waals surface area contributed by atoms with Crippen LogP contribution in [-0.2, 0) is 19.0 Å². The molecule has 1 heterocycles. The smallest absolute Gasteiger partial charge is 0.296 e. The first-order valence-electron chi connectivity index (χ1n) is 7.77. The summed E-state index contributed by atoms with van der Waals surface area (Å²) in [5.74, 6) is -0.305. The second-order valence-corrected chi connectivity index (χ2v) is 7.64. The van der Waals surface area contributed by atoms with Crippen molar-refractivity contribution in [1.29, 1.82) is 0 Å². The minimum atomic E-state index is -3.76. The van der Waals surface area contributed by atoms with E-state index in [2.05, 4.69) is 0 Å². The van der Waals surface area contributed by atoms with Crippen molar-refractivity contribution in [2.75, 3.05) is 13.2 Å². The van der Waals surface area contributed by atoms with Crippen LogP contribution in [0.2, 0.25) is 0 Å². The maximum absolute atomic E-state index is 13.0. The van der Waals surface area contributed by atoms with Crippen molar-refractivity contribution >= 4 is 10.1 Å². The Bertz CT molecular complexity index is 785. The highest BCUT2D eigenvalue weighted by Gasteiger charge is 2.28. The minimum Gasteiger partial charge on any atom is -0.373 e. The van der Waals surface area contributed by atoms with Crippen molar-refractivity contribution in [1.82, 2.24) is 0 Å². The highest BCUT2D eigenvalue weighted by Crippen LogP contribution is 2.33. The summed E-state index contributed by atoms with van der Waals surface area (Å²) in [6.45, 7) is 2.39. The van der Waals surface area contributed by atoms with Crippen molar-refractivity contribution < 1.29 is 21.7 Å². The molecule has 0 amide bonds. The largest absolute Gasteiger partial charge is 0.373 e. The Morgan fingerprint density at radius 1 is 1.12 bits per heavy atom. The molecule has 0 bridgehead atoms. The van der Waals surface area contributed by atoms with Gasteiger partial charge in [-0.15, -0.1) is 0 Å². The second kappa shape index (κ2) is 7.01. The van der Waals surface area contributed by atoms with Gasteiger partial charge >= 0.3 is 0 Å². The van der Waals surface area contributed by atoms with Crippen LogP contribution in [0.5, 0.6) is 0 Å². The summed E-state index contributed by atoms with van der Waals surface area (Å²) in [6.07, 6.45) is 0.496. The number of benzene rings is 2. The molecule has 4 nitrogen and oxygen atoms in total. The summed E-state index contributed by atoms with van der Waals surface area (Å²) in [5.41, 5.74) is 1.88. The van der Waals surface area contributed by atoms with Crippen LogP contribution >= 0.6 is 0 Å². The normalized spacial score (nSPS) is 21.1. The van der Waals surface area contributed by atoms with Gasteiger partial charge in [0.05, 0.1) is 24.2 Å². The molecule has 1 saturated heterocycles. The van der Waals surface area contributed by atoms with Crippen molar-refractivity contribution in [3.8, 4) is 0 Å². The summed E-state index contributed by atoms with van der Waals surface area (Å²) in [7, 11) is -3.76. The van der Waals surface area contributed by atoms with E-state index in [9.17, 15) is 12.8 Å². The van der Waals surface area contributed by atoms with Gasteiger partial charge in [-0.05, 0) is 43.2 Å². The van der Waals surface area contributed by atoms with Crippen LogP contribution in [0.4, 0.5) is 4.39 Å². The third kappa shape index (κ3) is 4.01.